The van der Waals surface area contributed by atoms with Crippen molar-refractivity contribution in [3.63, 3.8) is 0 Å². The van der Waals surface area contributed by atoms with Gasteiger partial charge in [0.25, 0.3) is 0 Å². The minimum atomic E-state index is 0.179. The van der Waals surface area contributed by atoms with Crippen molar-refractivity contribution in [2.45, 2.75) is 45.1 Å². The third-order valence-electron chi connectivity index (χ3n) is 6.11. The highest BCUT2D eigenvalue weighted by atomic mass is 16.2. The van der Waals surface area contributed by atoms with E-state index in [-0.39, 0.29) is 6.03 Å². The third-order valence-corrected chi connectivity index (χ3v) is 6.11. The van der Waals surface area contributed by atoms with Gasteiger partial charge in [-0.2, -0.15) is 0 Å². The van der Waals surface area contributed by atoms with E-state index in [0.29, 0.717) is 17.9 Å². The van der Waals surface area contributed by atoms with Gasteiger partial charge in [-0.05, 0) is 31.9 Å². The summed E-state index contributed by atoms with van der Waals surface area (Å²) in [7, 11) is 0. The largest absolute Gasteiger partial charge is 0.371 e. The number of anilines is 1. The van der Waals surface area contributed by atoms with E-state index >= 15 is 0 Å². The molecule has 2 atom stereocenters. The van der Waals surface area contributed by atoms with Gasteiger partial charge in [0.15, 0.2) is 0 Å². The number of carbonyl (C=O) groups excluding carboxylic acids is 1. The molecule has 3 aliphatic rings. The second kappa shape index (κ2) is 6.66. The van der Waals surface area contributed by atoms with Crippen LogP contribution in [0.25, 0.3) is 0 Å². The minimum absolute atomic E-state index is 0.179. The number of nitrogens with zero attached hydrogens (tertiary/aromatic N) is 2. The molecule has 2 saturated heterocycles. The molecule has 4 nitrogen and oxygen atoms in total. The maximum atomic E-state index is 12.5. The van der Waals surface area contributed by atoms with E-state index in [9.17, 15) is 4.79 Å². The Balaban J connectivity index is 1.30. The lowest BCUT2D eigenvalue weighted by Crippen LogP contribution is -2.45. The lowest BCUT2D eigenvalue weighted by molar-refractivity contribution is 0.197. The van der Waals surface area contributed by atoms with Crippen LogP contribution in [0.4, 0.5) is 10.5 Å². The number of likely N-dealkylation sites (tertiary alicyclic amines) is 1. The number of nitrogens with one attached hydrogen (secondary N) is 1. The summed E-state index contributed by atoms with van der Waals surface area (Å²) in [5, 5.41) is 3.27. The second-order valence-corrected chi connectivity index (χ2v) is 7.95. The van der Waals surface area contributed by atoms with Crippen LogP contribution in [0.1, 0.15) is 37.7 Å². The summed E-state index contributed by atoms with van der Waals surface area (Å²) < 4.78 is 0. The molecule has 2 heterocycles. The zero-order valence-corrected chi connectivity index (χ0v) is 14.7. The number of urea groups is 1. The van der Waals surface area contributed by atoms with E-state index in [1.165, 1.54) is 30.5 Å². The molecule has 1 aliphatic carbocycles. The summed E-state index contributed by atoms with van der Waals surface area (Å²) in [5.74, 6) is 1.26. The molecule has 1 aromatic rings. The molecule has 4 rings (SSSR count). The number of amides is 2. The average molecular weight is 327 g/mol. The molecule has 0 bridgehead atoms. The van der Waals surface area contributed by atoms with Crippen LogP contribution in [0.15, 0.2) is 24.3 Å². The van der Waals surface area contributed by atoms with Gasteiger partial charge in [-0.3, -0.25) is 0 Å². The maximum absolute atomic E-state index is 12.5. The molecule has 24 heavy (non-hydrogen) atoms. The molecule has 130 valence electrons. The molecule has 1 N–H and O–H groups in total. The van der Waals surface area contributed by atoms with Crippen molar-refractivity contribution in [3.05, 3.63) is 29.8 Å². The standard InChI is InChI=1S/C20H29N3O/c1-15-7-9-19(10-8-15)22-11-16-13-23(14-17(16)12-22)20(24)21-18-5-3-2-4-6-18/h7-10,16-18H,2-6,11-14H2,1H3,(H,21,24)/t16-,17+. The van der Waals surface area contributed by atoms with E-state index in [1.54, 1.807) is 0 Å². The van der Waals surface area contributed by atoms with Crippen molar-refractivity contribution < 1.29 is 4.79 Å². The summed E-state index contributed by atoms with van der Waals surface area (Å²) in [6.45, 7) is 6.14. The van der Waals surface area contributed by atoms with Gasteiger partial charge < -0.3 is 15.1 Å². The van der Waals surface area contributed by atoms with Crippen LogP contribution in [0.5, 0.6) is 0 Å². The van der Waals surface area contributed by atoms with Crippen LogP contribution >= 0.6 is 0 Å². The van der Waals surface area contributed by atoms with E-state index in [0.717, 1.165) is 39.0 Å². The quantitative estimate of drug-likeness (QED) is 0.903. The lowest BCUT2D eigenvalue weighted by atomic mass is 9.96. The van der Waals surface area contributed by atoms with Gasteiger partial charge in [0.2, 0.25) is 0 Å². The van der Waals surface area contributed by atoms with Crippen molar-refractivity contribution in [2.75, 3.05) is 31.1 Å². The second-order valence-electron chi connectivity index (χ2n) is 7.95. The Kier molecular flexibility index (Phi) is 4.38. The zero-order valence-electron chi connectivity index (χ0n) is 14.7. The summed E-state index contributed by atoms with van der Waals surface area (Å²) >= 11 is 0. The number of rotatable bonds is 2. The molecule has 0 aromatic heterocycles. The first-order valence-corrected chi connectivity index (χ1v) is 9.56. The van der Waals surface area contributed by atoms with E-state index in [4.69, 9.17) is 0 Å². The summed E-state index contributed by atoms with van der Waals surface area (Å²) in [4.78, 5) is 17.1. The monoisotopic (exact) mass is 327 g/mol. The third kappa shape index (κ3) is 3.24. The zero-order chi connectivity index (χ0) is 16.5. The maximum Gasteiger partial charge on any atom is 0.317 e. The lowest BCUT2D eigenvalue weighted by Gasteiger charge is -2.27. The summed E-state index contributed by atoms with van der Waals surface area (Å²) in [6.07, 6.45) is 6.18. The van der Waals surface area contributed by atoms with Crippen molar-refractivity contribution in [1.29, 1.82) is 0 Å². The highest BCUT2D eigenvalue weighted by Gasteiger charge is 2.41. The molecule has 3 fully saturated rings. The number of hydrogen-bond acceptors (Lipinski definition) is 2. The molecule has 1 aromatic carbocycles. The fraction of sp³-hybridized carbons (Fsp3) is 0.650. The number of benzene rings is 1. The Morgan fingerprint density at radius 1 is 0.958 bits per heavy atom. The highest BCUT2D eigenvalue weighted by Crippen LogP contribution is 2.34. The number of fused-ring (bicyclic) bond motifs is 1. The summed E-state index contributed by atoms with van der Waals surface area (Å²) in [6, 6.07) is 9.42. The first-order chi connectivity index (χ1) is 11.7. The molecule has 0 radical (unpaired) electrons. The fourth-order valence-electron chi connectivity index (χ4n) is 4.64. The SMILES string of the molecule is Cc1ccc(N2C[C@H]3CN(C(=O)NC4CCCCC4)C[C@H]3C2)cc1. The van der Waals surface area contributed by atoms with Crippen LogP contribution < -0.4 is 10.2 Å². The Labute approximate surface area is 145 Å². The van der Waals surface area contributed by atoms with Gasteiger partial charge in [0.1, 0.15) is 0 Å². The number of carbonyl (C=O) groups is 1. The van der Waals surface area contributed by atoms with Crippen LogP contribution in [0.2, 0.25) is 0 Å². The van der Waals surface area contributed by atoms with Gasteiger partial charge in [0, 0.05) is 49.7 Å². The Morgan fingerprint density at radius 3 is 2.21 bits per heavy atom. The Hall–Kier alpha value is -1.71. The molecule has 2 amide bonds. The molecule has 2 aliphatic heterocycles. The molecule has 0 unspecified atom stereocenters. The first-order valence-electron chi connectivity index (χ1n) is 9.56. The minimum Gasteiger partial charge on any atom is -0.371 e. The van der Waals surface area contributed by atoms with Crippen molar-refractivity contribution in [1.82, 2.24) is 10.2 Å². The number of hydrogen-bond donors (Lipinski definition) is 1. The first kappa shape index (κ1) is 15.8. The average Bonchev–Trinajstić information content (AvgIpc) is 3.15. The smallest absolute Gasteiger partial charge is 0.317 e. The molecule has 1 saturated carbocycles. The predicted molar refractivity (Wildman–Crippen MR) is 97.3 cm³/mol. The number of aryl methyl sites for hydroxylation is 1. The topological polar surface area (TPSA) is 35.6 Å². The Bertz CT molecular complexity index is 565. The van der Waals surface area contributed by atoms with Gasteiger partial charge in [-0.1, -0.05) is 37.0 Å². The normalized spacial score (nSPS) is 27.4. The van der Waals surface area contributed by atoms with Crippen LogP contribution in [-0.2, 0) is 0 Å². The highest BCUT2D eigenvalue weighted by molar-refractivity contribution is 5.75. The van der Waals surface area contributed by atoms with Gasteiger partial charge >= 0.3 is 6.03 Å². The van der Waals surface area contributed by atoms with Crippen LogP contribution in [0.3, 0.4) is 0 Å². The fourth-order valence-corrected chi connectivity index (χ4v) is 4.64. The van der Waals surface area contributed by atoms with Crippen molar-refractivity contribution in [2.24, 2.45) is 11.8 Å². The van der Waals surface area contributed by atoms with Crippen LogP contribution in [-0.4, -0.2) is 43.2 Å². The summed E-state index contributed by atoms with van der Waals surface area (Å²) in [5.41, 5.74) is 2.64. The van der Waals surface area contributed by atoms with Crippen LogP contribution in [0, 0.1) is 18.8 Å². The molecular formula is C20H29N3O. The van der Waals surface area contributed by atoms with E-state index in [1.807, 2.05) is 0 Å². The molecule has 0 spiro atoms. The van der Waals surface area contributed by atoms with Gasteiger partial charge in [-0.25, -0.2) is 4.79 Å². The van der Waals surface area contributed by atoms with Gasteiger partial charge in [-0.15, -0.1) is 0 Å². The van der Waals surface area contributed by atoms with Gasteiger partial charge in [0.05, 0.1) is 0 Å². The van der Waals surface area contributed by atoms with E-state index < -0.39 is 0 Å². The van der Waals surface area contributed by atoms with E-state index in [2.05, 4.69) is 46.3 Å². The Morgan fingerprint density at radius 2 is 1.58 bits per heavy atom. The van der Waals surface area contributed by atoms with Crippen molar-refractivity contribution in [3.8, 4) is 0 Å². The predicted octanol–water partition coefficient (Wildman–Crippen LogP) is 3.41. The van der Waals surface area contributed by atoms with Crippen molar-refractivity contribution >= 4 is 11.7 Å². The molecule has 4 heteroatoms. The molecular weight excluding hydrogens is 298 g/mol.